The number of aryl methyl sites for hydroxylation is 1. The maximum absolute atomic E-state index is 13.0. The van der Waals surface area contributed by atoms with Crippen molar-refractivity contribution >= 4 is 28.7 Å². The molecule has 0 spiro atoms. The zero-order valence-electron chi connectivity index (χ0n) is 17.9. The first-order valence-corrected chi connectivity index (χ1v) is 10.7. The van der Waals surface area contributed by atoms with Gasteiger partial charge in [-0.15, -0.1) is 0 Å². The zero-order chi connectivity index (χ0) is 21.7. The number of carbonyl (C=O) groups is 3. The summed E-state index contributed by atoms with van der Waals surface area (Å²) < 4.78 is 6.71. The lowest BCUT2D eigenvalue weighted by molar-refractivity contribution is -0.146. The topological polar surface area (TPSA) is 89.4 Å². The second-order valence-corrected chi connectivity index (χ2v) is 7.99. The van der Waals surface area contributed by atoms with Gasteiger partial charge in [0.2, 0.25) is 5.91 Å². The first-order valence-electron chi connectivity index (χ1n) is 10.7. The highest BCUT2D eigenvalue weighted by molar-refractivity contribution is 6.00. The van der Waals surface area contributed by atoms with Gasteiger partial charge in [-0.2, -0.15) is 0 Å². The van der Waals surface area contributed by atoms with Gasteiger partial charge in [-0.1, -0.05) is 44.4 Å². The molecule has 0 bridgehead atoms. The maximum Gasteiger partial charge on any atom is 0.310 e. The van der Waals surface area contributed by atoms with Gasteiger partial charge in [0.1, 0.15) is 11.7 Å². The third kappa shape index (κ3) is 4.66. The van der Waals surface area contributed by atoms with Crippen LogP contribution in [0, 0.1) is 5.92 Å². The van der Waals surface area contributed by atoms with Crippen LogP contribution in [-0.2, 0) is 21.4 Å². The molecule has 7 heteroatoms. The van der Waals surface area contributed by atoms with E-state index in [9.17, 15) is 14.4 Å². The summed E-state index contributed by atoms with van der Waals surface area (Å²) in [6.07, 6.45) is 4.60. The molecule has 1 aliphatic rings. The van der Waals surface area contributed by atoms with E-state index in [4.69, 9.17) is 4.74 Å². The molecule has 1 aromatic carbocycles. The van der Waals surface area contributed by atoms with Crippen LogP contribution in [0.4, 0.5) is 0 Å². The van der Waals surface area contributed by atoms with Gasteiger partial charge >= 0.3 is 5.97 Å². The first-order chi connectivity index (χ1) is 14.5. The van der Waals surface area contributed by atoms with Gasteiger partial charge in [0.25, 0.3) is 5.91 Å². The molecule has 0 unspecified atom stereocenters. The molecule has 3 rings (SSSR count). The number of rotatable bonds is 8. The van der Waals surface area contributed by atoms with Gasteiger partial charge in [0, 0.05) is 24.0 Å². The number of esters is 1. The van der Waals surface area contributed by atoms with Crippen LogP contribution in [0.15, 0.2) is 30.3 Å². The van der Waals surface area contributed by atoms with Gasteiger partial charge < -0.3 is 19.9 Å². The third-order valence-corrected chi connectivity index (χ3v) is 6.00. The molecule has 30 heavy (non-hydrogen) atoms. The smallest absolute Gasteiger partial charge is 0.310 e. The molecule has 7 nitrogen and oxygen atoms in total. The van der Waals surface area contributed by atoms with Crippen molar-refractivity contribution in [2.45, 2.75) is 57.5 Å². The minimum absolute atomic E-state index is 0.239. The molecule has 1 saturated carbocycles. The lowest BCUT2D eigenvalue weighted by Crippen LogP contribution is -2.51. The van der Waals surface area contributed by atoms with Gasteiger partial charge in [-0.3, -0.25) is 14.4 Å². The lowest BCUT2D eigenvalue weighted by atomic mass is 10.0. The number of methoxy groups -OCH3 is 1. The Hall–Kier alpha value is -2.83. The van der Waals surface area contributed by atoms with E-state index in [-0.39, 0.29) is 29.7 Å². The van der Waals surface area contributed by atoms with E-state index in [1.54, 1.807) is 0 Å². The Morgan fingerprint density at radius 3 is 2.70 bits per heavy atom. The molecule has 0 aliphatic heterocycles. The van der Waals surface area contributed by atoms with Crippen LogP contribution < -0.4 is 10.6 Å². The summed E-state index contributed by atoms with van der Waals surface area (Å²) in [5.74, 6) is -1.13. The number of aromatic nitrogens is 1. The van der Waals surface area contributed by atoms with Crippen molar-refractivity contribution in [2.75, 3.05) is 7.11 Å². The zero-order valence-corrected chi connectivity index (χ0v) is 17.9. The van der Waals surface area contributed by atoms with Crippen LogP contribution in [0.2, 0.25) is 0 Å². The summed E-state index contributed by atoms with van der Waals surface area (Å²) in [6, 6.07) is 8.73. The van der Waals surface area contributed by atoms with Crippen LogP contribution >= 0.6 is 0 Å². The number of hydrogen-bond donors (Lipinski definition) is 2. The van der Waals surface area contributed by atoms with E-state index < -0.39 is 6.04 Å². The quantitative estimate of drug-likeness (QED) is 0.651. The number of amides is 2. The summed E-state index contributed by atoms with van der Waals surface area (Å²) in [7, 11) is 3.21. The highest BCUT2D eigenvalue weighted by atomic mass is 16.5. The molecule has 1 fully saturated rings. The van der Waals surface area contributed by atoms with Crippen LogP contribution in [0.1, 0.15) is 55.9 Å². The highest BCUT2D eigenvalue weighted by Gasteiger charge is 2.36. The van der Waals surface area contributed by atoms with Gasteiger partial charge in [0.15, 0.2) is 0 Å². The van der Waals surface area contributed by atoms with Gasteiger partial charge in [-0.25, -0.2) is 0 Å². The predicted octanol–water partition coefficient (Wildman–Crippen LogP) is 2.92. The highest BCUT2D eigenvalue weighted by Crippen LogP contribution is 2.27. The Morgan fingerprint density at radius 1 is 1.23 bits per heavy atom. The van der Waals surface area contributed by atoms with E-state index >= 15 is 0 Å². The van der Waals surface area contributed by atoms with Crippen LogP contribution in [-0.4, -0.2) is 41.5 Å². The molecule has 2 amide bonds. The average molecular weight is 414 g/mol. The number of benzene rings is 1. The summed E-state index contributed by atoms with van der Waals surface area (Å²) in [5.41, 5.74) is 1.47. The predicted molar refractivity (Wildman–Crippen MR) is 115 cm³/mol. The Labute approximate surface area is 177 Å². The van der Waals surface area contributed by atoms with Crippen molar-refractivity contribution in [2.24, 2.45) is 13.0 Å². The largest absolute Gasteiger partial charge is 0.469 e. The van der Waals surface area contributed by atoms with Crippen LogP contribution in [0.3, 0.4) is 0 Å². The molecule has 2 aromatic rings. The normalized spacial score (nSPS) is 19.4. The molecular formula is C23H31N3O4. The second kappa shape index (κ2) is 9.78. The molecule has 1 heterocycles. The number of hydrogen-bond acceptors (Lipinski definition) is 4. The number of fused-ring (bicyclic) bond motifs is 1. The number of unbranched alkanes of at least 4 members (excludes halogenated alkanes) is 1. The van der Waals surface area contributed by atoms with E-state index in [0.717, 1.165) is 36.6 Å². The van der Waals surface area contributed by atoms with Gasteiger partial charge in [-0.05, 0) is 31.4 Å². The van der Waals surface area contributed by atoms with E-state index in [0.29, 0.717) is 18.5 Å². The second-order valence-electron chi connectivity index (χ2n) is 7.99. The Bertz CT molecular complexity index is 920. The molecule has 162 valence electrons. The van der Waals surface area contributed by atoms with Crippen molar-refractivity contribution in [1.82, 2.24) is 15.2 Å². The van der Waals surface area contributed by atoms with E-state index in [1.165, 1.54) is 7.11 Å². The lowest BCUT2D eigenvalue weighted by Gasteiger charge is -2.24. The molecule has 3 atom stereocenters. The summed E-state index contributed by atoms with van der Waals surface area (Å²) in [6.45, 7) is 2.05. The minimum Gasteiger partial charge on any atom is -0.469 e. The SMILES string of the molecule is CCCC[C@H](NC(=O)c1cc2ccccc2n1C)C(=O)N[C@@H]1CCC[C@@H]1C(=O)OC. The average Bonchev–Trinajstić information content (AvgIpc) is 3.35. The maximum atomic E-state index is 13.0. The molecule has 2 N–H and O–H groups in total. The van der Waals surface area contributed by atoms with Crippen molar-refractivity contribution in [1.29, 1.82) is 0 Å². The van der Waals surface area contributed by atoms with E-state index in [1.807, 2.05) is 48.9 Å². The standard InChI is InChI=1S/C23H31N3O4/c1-4-5-11-18(21(27)24-17-12-8-10-16(17)23(29)30-3)25-22(28)20-14-15-9-6-7-13-19(15)26(20)2/h6-7,9,13-14,16-18H,4-5,8,10-12H2,1-3H3,(H,24,27)(H,25,28)/t16-,17+,18-/m0/s1. The molecule has 0 saturated heterocycles. The summed E-state index contributed by atoms with van der Waals surface area (Å²) >= 11 is 0. The fraction of sp³-hybridized carbons (Fsp3) is 0.522. The molecule has 0 radical (unpaired) electrons. The molecule has 1 aromatic heterocycles. The number of nitrogens with one attached hydrogen (secondary N) is 2. The van der Waals surface area contributed by atoms with Crippen molar-refractivity contribution in [3.05, 3.63) is 36.0 Å². The van der Waals surface area contributed by atoms with E-state index in [2.05, 4.69) is 10.6 Å². The Balaban J connectivity index is 1.73. The van der Waals surface area contributed by atoms with Crippen molar-refractivity contribution < 1.29 is 19.1 Å². The number of carbonyl (C=O) groups excluding carboxylic acids is 3. The fourth-order valence-corrected chi connectivity index (χ4v) is 4.27. The number of nitrogens with zero attached hydrogens (tertiary/aromatic N) is 1. The fourth-order valence-electron chi connectivity index (χ4n) is 4.27. The van der Waals surface area contributed by atoms with Crippen molar-refractivity contribution in [3.8, 4) is 0 Å². The van der Waals surface area contributed by atoms with Crippen LogP contribution in [0.5, 0.6) is 0 Å². The minimum atomic E-state index is -0.644. The van der Waals surface area contributed by atoms with Crippen molar-refractivity contribution in [3.63, 3.8) is 0 Å². The van der Waals surface area contributed by atoms with Gasteiger partial charge in [0.05, 0.1) is 13.0 Å². The number of ether oxygens (including phenoxy) is 1. The summed E-state index contributed by atoms with van der Waals surface area (Å²) in [4.78, 5) is 38.0. The monoisotopic (exact) mass is 413 g/mol. The summed E-state index contributed by atoms with van der Waals surface area (Å²) in [5, 5.41) is 6.88. The molecule has 1 aliphatic carbocycles. The number of para-hydroxylation sites is 1. The first kappa shape index (κ1) is 21.9. The Morgan fingerprint density at radius 2 is 2.00 bits per heavy atom. The van der Waals surface area contributed by atoms with Crippen LogP contribution in [0.25, 0.3) is 10.9 Å². The Kier molecular flexibility index (Phi) is 7.13. The third-order valence-electron chi connectivity index (χ3n) is 6.00. The molecular weight excluding hydrogens is 382 g/mol.